The molecule has 36 nitrogen and oxygen atoms in total. The van der Waals surface area contributed by atoms with Crippen molar-refractivity contribution in [1.29, 1.82) is 0 Å². The van der Waals surface area contributed by atoms with Gasteiger partial charge in [0.05, 0.1) is 62.3 Å². The third-order valence-corrected chi connectivity index (χ3v) is 16.9. The van der Waals surface area contributed by atoms with E-state index in [1.165, 1.54) is 0 Å². The highest BCUT2D eigenvalue weighted by molar-refractivity contribution is 7.79. The van der Waals surface area contributed by atoms with Gasteiger partial charge in [-0.1, -0.05) is 48.6 Å². The third-order valence-electron chi connectivity index (χ3n) is 16.9. The molecule has 8 atom stereocenters. The molecule has 4 fully saturated rings. The molecule has 0 radical (unpaired) electrons. The number of rotatable bonds is 19. The Morgan fingerprint density at radius 1 is 0.392 bits per heavy atom. The normalized spacial score (nSPS) is 22.8. The van der Waals surface area contributed by atoms with E-state index in [0.29, 0.717) is 24.2 Å². The molecule has 0 aromatic carbocycles. The van der Waals surface area contributed by atoms with Crippen molar-refractivity contribution in [3.8, 4) is 0 Å². The van der Waals surface area contributed by atoms with Gasteiger partial charge in [0.25, 0.3) is 0 Å². The Kier molecular flexibility index (Phi) is 21.3. The van der Waals surface area contributed by atoms with E-state index in [9.17, 15) is 30.0 Å². The van der Waals surface area contributed by atoms with Gasteiger partial charge < -0.3 is 93.1 Å². The lowest BCUT2D eigenvalue weighted by molar-refractivity contribution is -0.143. The molecular formula is C60H80N24O12S. The number of nitrogens with two attached hydrogens (primary N) is 4. The van der Waals surface area contributed by atoms with Crippen molar-refractivity contribution < 1.29 is 57.8 Å². The summed E-state index contributed by atoms with van der Waals surface area (Å²) in [5, 5.41) is 66.3. The Hall–Kier alpha value is -9.79. The van der Waals surface area contributed by atoms with Crippen LogP contribution in [0.3, 0.4) is 0 Å². The van der Waals surface area contributed by atoms with Crippen LogP contribution >= 0.6 is 0 Å². The van der Waals surface area contributed by atoms with E-state index >= 15 is 0 Å². The zero-order valence-corrected chi connectivity index (χ0v) is 53.5. The van der Waals surface area contributed by atoms with Crippen LogP contribution in [-0.4, -0.2) is 189 Å². The van der Waals surface area contributed by atoms with Crippen molar-refractivity contribution in [2.75, 3.05) is 70.6 Å². The Bertz CT molecular complexity index is 3840. The summed E-state index contributed by atoms with van der Waals surface area (Å²) in [7, 11) is -4.67. The Balaban J connectivity index is 0.000000124. The van der Waals surface area contributed by atoms with Gasteiger partial charge in [0.15, 0.2) is 67.9 Å². The zero-order valence-electron chi connectivity index (χ0n) is 52.7. The molecule has 97 heavy (non-hydrogen) atoms. The highest BCUT2D eigenvalue weighted by Crippen LogP contribution is 2.38. The molecule has 0 amide bonds. The molecular weight excluding hydrogens is 1280 g/mol. The fraction of sp³-hybridized carbons (Fsp3) is 0.500. The molecule has 8 aliphatic rings. The lowest BCUT2D eigenvalue weighted by Crippen LogP contribution is -2.10. The zero-order chi connectivity index (χ0) is 68.7. The minimum absolute atomic E-state index is 0.162. The van der Waals surface area contributed by atoms with Crippen LogP contribution in [0.15, 0.2) is 73.9 Å². The molecule has 16 rings (SSSR count). The number of imidazole rings is 4. The lowest BCUT2D eigenvalue weighted by Gasteiger charge is -2.13. The smallest absolute Gasteiger partial charge is 0.394 e. The number of hydrogen-bond donors (Lipinski definition) is 16. The van der Waals surface area contributed by atoms with Gasteiger partial charge in [-0.15, -0.1) is 0 Å². The highest BCUT2D eigenvalue weighted by atomic mass is 32.3. The Morgan fingerprint density at radius 2 is 0.598 bits per heavy atom. The average molecular weight is 1360 g/mol. The molecule has 0 unspecified atom stereocenters. The molecule has 0 spiro atoms. The van der Waals surface area contributed by atoms with Gasteiger partial charge in [-0.2, -0.15) is 48.3 Å². The SMILES string of the molecule is Nc1nc(NC2CC2)c2ncn([C@H]3C=C[C@@H](CO)C3)c2n1.Nc1nc(NC2CC2)c2ncn([C@H]3C=C[C@@H](CO)C3)c2n1.Nc1nc(NC2CC2)c2ncn([C@H]3C=C[C@@H](CO)C3)c2n1.Nc1nc(NC2CC2)c2ncn([C@H]3C=C[C@@H](CO)C3)c2n1.O=C(O)CCC(=O)O.O=S(=O)(O)O. The number of aliphatic hydroxyl groups excluding tert-OH is 4. The lowest BCUT2D eigenvalue weighted by atomic mass is 10.1. The highest BCUT2D eigenvalue weighted by Gasteiger charge is 2.31. The van der Waals surface area contributed by atoms with Crippen LogP contribution in [0.4, 0.5) is 47.1 Å². The largest absolute Gasteiger partial charge is 0.481 e. The summed E-state index contributed by atoms with van der Waals surface area (Å²) in [6.07, 6.45) is 35.8. The Morgan fingerprint density at radius 3 is 0.763 bits per heavy atom. The van der Waals surface area contributed by atoms with Gasteiger partial charge >= 0.3 is 22.3 Å². The van der Waals surface area contributed by atoms with Crippen molar-refractivity contribution >= 4 is 114 Å². The second-order valence-corrected chi connectivity index (χ2v) is 25.8. The maximum atomic E-state index is 9.64. The van der Waals surface area contributed by atoms with E-state index in [4.69, 9.17) is 50.7 Å². The number of fused-ring (bicyclic) bond motifs is 4. The summed E-state index contributed by atoms with van der Waals surface area (Å²) in [6, 6.07) is 2.59. The van der Waals surface area contributed by atoms with Crippen molar-refractivity contribution in [3.63, 3.8) is 0 Å². The van der Waals surface area contributed by atoms with Gasteiger partial charge in [0.2, 0.25) is 23.8 Å². The quantitative estimate of drug-likeness (QED) is 0.0406. The van der Waals surface area contributed by atoms with Crippen LogP contribution in [-0.2, 0) is 20.0 Å². The molecule has 37 heteroatoms. The summed E-state index contributed by atoms with van der Waals surface area (Å²) in [5.74, 6) is 2.58. The number of carboxylic acid groups (broad SMARTS) is 2. The van der Waals surface area contributed by atoms with Crippen molar-refractivity contribution in [3.05, 3.63) is 73.9 Å². The first kappa shape index (κ1) is 68.6. The molecule has 0 saturated heterocycles. The first-order valence-corrected chi connectivity index (χ1v) is 33.4. The number of nitrogen functional groups attached to an aromatic ring is 4. The summed E-state index contributed by atoms with van der Waals surface area (Å²) in [6.45, 7) is 0.687. The van der Waals surface area contributed by atoms with E-state index in [2.05, 4.69) is 105 Å². The van der Waals surface area contributed by atoms with Gasteiger partial charge in [-0.25, -0.2) is 19.9 Å². The molecule has 8 heterocycles. The van der Waals surface area contributed by atoms with Crippen LogP contribution in [0, 0.1) is 23.7 Å². The molecule has 20 N–H and O–H groups in total. The van der Waals surface area contributed by atoms with E-state index in [0.717, 1.165) is 145 Å². The molecule has 8 aliphatic carbocycles. The minimum atomic E-state index is -4.67. The summed E-state index contributed by atoms with van der Waals surface area (Å²) in [4.78, 5) is 71.6. The second kappa shape index (κ2) is 30.1. The summed E-state index contributed by atoms with van der Waals surface area (Å²) in [5.41, 5.74) is 29.4. The number of aliphatic hydroxyl groups is 4. The van der Waals surface area contributed by atoms with E-state index in [1.807, 2.05) is 42.6 Å². The first-order valence-electron chi connectivity index (χ1n) is 32.0. The van der Waals surface area contributed by atoms with Crippen LogP contribution in [0.2, 0.25) is 0 Å². The van der Waals surface area contributed by atoms with Gasteiger partial charge in [-0.3, -0.25) is 18.7 Å². The number of carboxylic acids is 2. The van der Waals surface area contributed by atoms with Crippen LogP contribution in [0.25, 0.3) is 44.7 Å². The molecule has 518 valence electrons. The summed E-state index contributed by atoms with van der Waals surface area (Å²) < 4.78 is 39.6. The number of nitrogens with one attached hydrogen (secondary N) is 4. The van der Waals surface area contributed by atoms with E-state index < -0.39 is 22.3 Å². The third kappa shape index (κ3) is 18.2. The minimum Gasteiger partial charge on any atom is -0.481 e. The number of aliphatic carboxylic acids is 2. The van der Waals surface area contributed by atoms with Crippen molar-refractivity contribution in [2.24, 2.45) is 23.7 Å². The fourth-order valence-corrected chi connectivity index (χ4v) is 11.4. The number of allylic oxidation sites excluding steroid dienone is 4. The first-order chi connectivity index (χ1) is 46.6. The number of nitrogens with zero attached hydrogens (tertiary/aromatic N) is 16. The van der Waals surface area contributed by atoms with Gasteiger partial charge in [-0.05, 0) is 77.0 Å². The van der Waals surface area contributed by atoms with Crippen LogP contribution in [0.1, 0.15) is 114 Å². The van der Waals surface area contributed by atoms with E-state index in [1.54, 1.807) is 25.3 Å². The van der Waals surface area contributed by atoms with Gasteiger partial charge in [0, 0.05) is 74.3 Å². The second-order valence-electron chi connectivity index (χ2n) is 25.0. The predicted octanol–water partition coefficient (Wildman–Crippen LogP) is 3.65. The average Bonchev–Trinajstić information content (AvgIpc) is 1.66. The standard InChI is InChI=1S/4C14H18N6O.C4H6O4.H2O4S/c4*15-14-18-12(17-9-2-3-9)11-13(19-14)20(7-16-11)10-4-1-8(5-10)6-21;5-3(6)1-2-4(7)8;1-5(2,3)4/h4*1,4,7-10,21H,2-3,5-6H2,(H3,15,17,18,19);1-2H2,(H,5,6)(H,7,8);(H2,1,2,3,4)/t4*8-,10+;;/m1111../s1. The number of carbonyl (C=O) groups is 2. The number of hydrogen-bond acceptors (Lipinski definition) is 28. The summed E-state index contributed by atoms with van der Waals surface area (Å²) >= 11 is 0. The number of anilines is 8. The molecule has 8 aromatic rings. The molecule has 0 bridgehead atoms. The topological polar surface area (TPSA) is 557 Å². The van der Waals surface area contributed by atoms with Crippen LogP contribution < -0.4 is 44.2 Å². The van der Waals surface area contributed by atoms with Gasteiger partial charge in [0.1, 0.15) is 0 Å². The maximum absolute atomic E-state index is 9.64. The van der Waals surface area contributed by atoms with Crippen LogP contribution in [0.5, 0.6) is 0 Å². The molecule has 8 aromatic heterocycles. The maximum Gasteiger partial charge on any atom is 0.394 e. The molecule has 0 aliphatic heterocycles. The monoisotopic (exact) mass is 1360 g/mol. The van der Waals surface area contributed by atoms with E-state index in [-0.39, 0.29) is 111 Å². The predicted molar refractivity (Wildman–Crippen MR) is 358 cm³/mol. The molecule has 4 saturated carbocycles. The fourth-order valence-electron chi connectivity index (χ4n) is 11.4. The van der Waals surface area contributed by atoms with Crippen molar-refractivity contribution in [1.82, 2.24) is 78.1 Å². The Labute approximate surface area is 554 Å². The van der Waals surface area contributed by atoms with Crippen molar-refractivity contribution in [2.45, 2.75) is 138 Å². The number of aromatic nitrogens is 16.